The molecule has 6 heteroatoms. The van der Waals surface area contributed by atoms with Crippen LogP contribution in [-0.4, -0.2) is 37.2 Å². The Morgan fingerprint density at radius 3 is 0.839 bits per heavy atom. The normalized spacial score (nSPS) is 12.9. The molecule has 3 atom stereocenters. The van der Waals surface area contributed by atoms with Gasteiger partial charge in [-0.1, -0.05) is 272 Å². The number of esters is 3. The van der Waals surface area contributed by atoms with Crippen LogP contribution in [0.2, 0.25) is 0 Å². The van der Waals surface area contributed by atoms with Crippen molar-refractivity contribution in [1.29, 1.82) is 0 Å². The third-order valence-corrected chi connectivity index (χ3v) is 13.4. The van der Waals surface area contributed by atoms with Crippen molar-refractivity contribution in [2.75, 3.05) is 13.2 Å². The third-order valence-electron chi connectivity index (χ3n) is 13.4. The molecule has 0 aromatic rings. The lowest BCUT2D eigenvalue weighted by Gasteiger charge is -2.18. The van der Waals surface area contributed by atoms with Crippen LogP contribution in [0.3, 0.4) is 0 Å². The number of hydrogen-bond donors (Lipinski definition) is 0. The number of ether oxygens (including phenoxy) is 3. The molecule has 0 aliphatic carbocycles. The number of carbonyl (C=O) groups is 3. The molecule has 0 amide bonds. The minimum absolute atomic E-state index is 0.0633. The minimum Gasteiger partial charge on any atom is -0.462 e. The molecule has 0 fully saturated rings. The van der Waals surface area contributed by atoms with Gasteiger partial charge in [-0.3, -0.25) is 14.4 Å². The van der Waals surface area contributed by atoms with Crippen molar-refractivity contribution in [3.63, 3.8) is 0 Å². The average molecular weight is 877 g/mol. The van der Waals surface area contributed by atoms with Gasteiger partial charge in [-0.2, -0.15) is 0 Å². The van der Waals surface area contributed by atoms with Gasteiger partial charge in [-0.25, -0.2) is 0 Å². The van der Waals surface area contributed by atoms with Crippen LogP contribution in [0, 0.1) is 11.8 Å². The molecule has 0 bridgehead atoms. The zero-order chi connectivity index (χ0) is 45.4. The highest BCUT2D eigenvalue weighted by molar-refractivity contribution is 5.71. The van der Waals surface area contributed by atoms with Gasteiger partial charge in [-0.05, 0) is 31.1 Å². The van der Waals surface area contributed by atoms with Crippen LogP contribution in [-0.2, 0) is 28.6 Å². The molecule has 62 heavy (non-hydrogen) atoms. The zero-order valence-electron chi connectivity index (χ0n) is 42.5. The van der Waals surface area contributed by atoms with E-state index >= 15 is 0 Å². The largest absolute Gasteiger partial charge is 0.462 e. The Balaban J connectivity index is 4.30. The summed E-state index contributed by atoms with van der Waals surface area (Å²) in [6.07, 6.45) is 50.8. The summed E-state index contributed by atoms with van der Waals surface area (Å²) in [5.41, 5.74) is 0. The summed E-state index contributed by atoms with van der Waals surface area (Å²) in [5.74, 6) is 0.898. The molecule has 6 nitrogen and oxygen atoms in total. The molecule has 0 aliphatic rings. The molecular weight excluding hydrogens is 769 g/mol. The predicted octanol–water partition coefficient (Wildman–Crippen LogP) is 18.1. The quantitative estimate of drug-likeness (QED) is 0.0344. The van der Waals surface area contributed by atoms with Gasteiger partial charge in [0.25, 0.3) is 0 Å². The minimum atomic E-state index is -0.762. The van der Waals surface area contributed by atoms with Gasteiger partial charge in [-0.15, -0.1) is 0 Å². The highest BCUT2D eigenvalue weighted by Gasteiger charge is 2.19. The monoisotopic (exact) mass is 877 g/mol. The van der Waals surface area contributed by atoms with E-state index in [1.54, 1.807) is 0 Å². The van der Waals surface area contributed by atoms with Crippen molar-refractivity contribution in [3.05, 3.63) is 0 Å². The van der Waals surface area contributed by atoms with Crippen molar-refractivity contribution >= 4 is 17.9 Å². The van der Waals surface area contributed by atoms with Gasteiger partial charge in [0.1, 0.15) is 13.2 Å². The number of hydrogen-bond acceptors (Lipinski definition) is 6. The van der Waals surface area contributed by atoms with Crippen LogP contribution in [0.1, 0.15) is 311 Å². The van der Waals surface area contributed by atoms with Crippen molar-refractivity contribution in [2.24, 2.45) is 11.8 Å². The molecule has 0 radical (unpaired) electrons. The molecule has 0 saturated heterocycles. The van der Waals surface area contributed by atoms with Crippen LogP contribution < -0.4 is 0 Å². The Morgan fingerprint density at radius 2 is 0.565 bits per heavy atom. The average Bonchev–Trinajstić information content (AvgIpc) is 3.27. The maximum absolute atomic E-state index is 12.8. The smallest absolute Gasteiger partial charge is 0.306 e. The summed E-state index contributed by atoms with van der Waals surface area (Å²) in [7, 11) is 0. The van der Waals surface area contributed by atoms with Gasteiger partial charge < -0.3 is 14.2 Å². The van der Waals surface area contributed by atoms with Gasteiger partial charge in [0.2, 0.25) is 0 Å². The number of carbonyl (C=O) groups excluding carboxylic acids is 3. The van der Waals surface area contributed by atoms with Crippen LogP contribution in [0.4, 0.5) is 0 Å². The van der Waals surface area contributed by atoms with E-state index < -0.39 is 6.10 Å². The summed E-state index contributed by atoms with van der Waals surface area (Å²) in [6.45, 7) is 11.4. The van der Waals surface area contributed by atoms with Crippen LogP contribution >= 0.6 is 0 Å². The van der Waals surface area contributed by atoms with Gasteiger partial charge in [0.15, 0.2) is 6.10 Å². The van der Waals surface area contributed by atoms with Crippen LogP contribution in [0.15, 0.2) is 0 Å². The molecule has 2 unspecified atom stereocenters. The zero-order valence-corrected chi connectivity index (χ0v) is 42.5. The lowest BCUT2D eigenvalue weighted by molar-refractivity contribution is -0.167. The number of unbranched alkanes of at least 4 members (excludes halogenated alkanes) is 33. The Bertz CT molecular complexity index is 951. The Hall–Kier alpha value is -1.59. The summed E-state index contributed by atoms with van der Waals surface area (Å²) < 4.78 is 16.9. The molecule has 0 saturated carbocycles. The SMILES string of the molecule is CCCCCCCCCCCCCCCCC(=O)OC[C@@H](COC(=O)CCCCCCCCCCC(C)CC)OC(=O)CCCCCCCCCCCCCCCCC(C)CC. The van der Waals surface area contributed by atoms with Crippen molar-refractivity contribution in [3.8, 4) is 0 Å². The van der Waals surface area contributed by atoms with E-state index in [9.17, 15) is 14.4 Å². The Labute approximate surface area is 387 Å². The first-order valence-electron chi connectivity index (χ1n) is 27.8. The first kappa shape index (κ1) is 60.4. The predicted molar refractivity (Wildman–Crippen MR) is 266 cm³/mol. The molecule has 0 heterocycles. The van der Waals surface area contributed by atoms with E-state index in [0.29, 0.717) is 19.3 Å². The fraction of sp³-hybridized carbons (Fsp3) is 0.946. The standard InChI is InChI=1S/C56H108O6/c1-6-9-10-11-12-13-14-15-19-22-25-31-36-41-46-54(57)60-49-53(50-61-55(58)47-42-37-32-28-27-30-35-40-45-52(5)8-3)62-56(59)48-43-38-33-26-23-20-17-16-18-21-24-29-34-39-44-51(4)7-2/h51-53H,6-50H2,1-5H3/t51?,52?,53-/m0/s1. The van der Waals surface area contributed by atoms with E-state index in [4.69, 9.17) is 14.2 Å². The third kappa shape index (κ3) is 46.4. The van der Waals surface area contributed by atoms with Crippen LogP contribution in [0.5, 0.6) is 0 Å². The Kier molecular flexibility index (Phi) is 47.6. The van der Waals surface area contributed by atoms with Crippen molar-refractivity contribution < 1.29 is 28.6 Å². The summed E-state index contributed by atoms with van der Waals surface area (Å²) >= 11 is 0. The maximum atomic E-state index is 12.8. The van der Waals surface area contributed by atoms with E-state index in [0.717, 1.165) is 69.6 Å². The van der Waals surface area contributed by atoms with E-state index in [2.05, 4.69) is 34.6 Å². The fourth-order valence-corrected chi connectivity index (χ4v) is 8.46. The first-order valence-corrected chi connectivity index (χ1v) is 27.8. The van der Waals surface area contributed by atoms with Crippen molar-refractivity contribution in [1.82, 2.24) is 0 Å². The second-order valence-corrected chi connectivity index (χ2v) is 19.7. The lowest BCUT2D eigenvalue weighted by Crippen LogP contribution is -2.30. The molecule has 0 spiro atoms. The van der Waals surface area contributed by atoms with Gasteiger partial charge >= 0.3 is 17.9 Å². The summed E-state index contributed by atoms with van der Waals surface area (Å²) in [5, 5.41) is 0. The second kappa shape index (κ2) is 48.9. The molecule has 0 aromatic heterocycles. The lowest BCUT2D eigenvalue weighted by atomic mass is 9.99. The molecule has 0 rings (SSSR count). The van der Waals surface area contributed by atoms with Gasteiger partial charge in [0, 0.05) is 19.3 Å². The van der Waals surface area contributed by atoms with Gasteiger partial charge in [0.05, 0.1) is 0 Å². The summed E-state index contributed by atoms with van der Waals surface area (Å²) in [6, 6.07) is 0. The molecule has 0 N–H and O–H groups in total. The topological polar surface area (TPSA) is 78.9 Å². The highest BCUT2D eigenvalue weighted by Crippen LogP contribution is 2.19. The van der Waals surface area contributed by atoms with Crippen LogP contribution in [0.25, 0.3) is 0 Å². The highest BCUT2D eigenvalue weighted by atomic mass is 16.6. The molecule has 0 aromatic carbocycles. The number of rotatable bonds is 50. The second-order valence-electron chi connectivity index (χ2n) is 19.7. The maximum Gasteiger partial charge on any atom is 0.306 e. The van der Waals surface area contributed by atoms with E-state index in [-0.39, 0.29) is 31.1 Å². The van der Waals surface area contributed by atoms with E-state index in [1.807, 2.05) is 0 Å². The Morgan fingerprint density at radius 1 is 0.323 bits per heavy atom. The molecular formula is C56H108O6. The van der Waals surface area contributed by atoms with E-state index in [1.165, 1.54) is 199 Å². The van der Waals surface area contributed by atoms with Crippen molar-refractivity contribution in [2.45, 2.75) is 317 Å². The molecule has 0 aliphatic heterocycles. The summed E-state index contributed by atoms with van der Waals surface area (Å²) in [4.78, 5) is 38.0. The molecule has 368 valence electrons. The fourth-order valence-electron chi connectivity index (χ4n) is 8.46. The first-order chi connectivity index (χ1) is 30.3.